The Kier molecular flexibility index (Phi) is 3.28. The number of methoxy groups -OCH3 is 1. The predicted octanol–water partition coefficient (Wildman–Crippen LogP) is 3.64. The molecule has 4 nitrogen and oxygen atoms in total. The van der Waals surface area contributed by atoms with Crippen LogP contribution in [0.15, 0.2) is 29.6 Å². The van der Waals surface area contributed by atoms with E-state index >= 15 is 0 Å². The molecule has 0 radical (unpaired) electrons. The fourth-order valence-electron chi connectivity index (χ4n) is 2.24. The molecule has 0 fully saturated rings. The molecular weight excluding hydrogens is 272 g/mol. The van der Waals surface area contributed by atoms with Crippen molar-refractivity contribution in [3.05, 3.63) is 40.8 Å². The van der Waals surface area contributed by atoms with Crippen molar-refractivity contribution in [2.75, 3.05) is 7.11 Å². The van der Waals surface area contributed by atoms with Crippen molar-refractivity contribution in [2.24, 2.45) is 0 Å². The Morgan fingerprint density at radius 1 is 1.40 bits per heavy atom. The largest absolute Gasteiger partial charge is 0.465 e. The molecule has 0 saturated heterocycles. The highest BCUT2D eigenvalue weighted by molar-refractivity contribution is 7.13. The van der Waals surface area contributed by atoms with Gasteiger partial charge < -0.3 is 9.72 Å². The number of rotatable bonds is 3. The fraction of sp³-hybridized carbons (Fsp3) is 0.200. The molecule has 0 aliphatic rings. The summed E-state index contributed by atoms with van der Waals surface area (Å²) in [5.41, 5.74) is 3.25. The summed E-state index contributed by atoms with van der Waals surface area (Å²) < 4.78 is 4.80. The number of carbonyl (C=O) groups is 1. The summed E-state index contributed by atoms with van der Waals surface area (Å²) in [6, 6.07) is 7.57. The van der Waals surface area contributed by atoms with Crippen LogP contribution in [0, 0.1) is 0 Å². The lowest BCUT2D eigenvalue weighted by molar-refractivity contribution is 0.0603. The first-order valence-corrected chi connectivity index (χ1v) is 7.26. The lowest BCUT2D eigenvalue weighted by Crippen LogP contribution is -2.01. The van der Waals surface area contributed by atoms with Crippen molar-refractivity contribution in [3.63, 3.8) is 0 Å². The molecule has 3 rings (SSSR count). The molecule has 0 saturated carbocycles. The standard InChI is InChI=1S/C15H14N2O2S/c1-3-9-7-8-20-13(9)14-16-11-6-4-5-10(12(11)17-14)15(18)19-2/h4-8H,3H2,1-2H3,(H,16,17). The van der Waals surface area contributed by atoms with Crippen LogP contribution in [-0.4, -0.2) is 23.0 Å². The van der Waals surface area contributed by atoms with Crippen LogP contribution >= 0.6 is 11.3 Å². The van der Waals surface area contributed by atoms with Crippen LogP contribution in [0.25, 0.3) is 21.7 Å². The van der Waals surface area contributed by atoms with Crippen LogP contribution in [0.5, 0.6) is 0 Å². The third kappa shape index (κ3) is 2.00. The van der Waals surface area contributed by atoms with Crippen molar-refractivity contribution in [1.82, 2.24) is 9.97 Å². The first-order valence-electron chi connectivity index (χ1n) is 6.38. The molecule has 0 bridgehead atoms. The second kappa shape index (κ2) is 5.09. The molecule has 0 atom stereocenters. The summed E-state index contributed by atoms with van der Waals surface area (Å²) in [5.74, 6) is 0.443. The van der Waals surface area contributed by atoms with Gasteiger partial charge in [0.25, 0.3) is 0 Å². The molecular formula is C15H14N2O2S. The second-order valence-corrected chi connectivity index (χ2v) is 5.32. The highest BCUT2D eigenvalue weighted by Gasteiger charge is 2.16. The van der Waals surface area contributed by atoms with Gasteiger partial charge >= 0.3 is 5.97 Å². The van der Waals surface area contributed by atoms with E-state index in [0.29, 0.717) is 11.1 Å². The summed E-state index contributed by atoms with van der Waals surface area (Å²) in [5, 5.41) is 2.06. The number of ether oxygens (including phenoxy) is 1. The summed E-state index contributed by atoms with van der Waals surface area (Å²) in [6.07, 6.45) is 0.958. The van der Waals surface area contributed by atoms with Crippen molar-refractivity contribution < 1.29 is 9.53 Å². The minimum Gasteiger partial charge on any atom is -0.465 e. The smallest absolute Gasteiger partial charge is 0.340 e. The number of thiophene rings is 1. The summed E-state index contributed by atoms with van der Waals surface area (Å²) >= 11 is 1.65. The first kappa shape index (κ1) is 12.9. The zero-order valence-electron chi connectivity index (χ0n) is 11.3. The molecule has 20 heavy (non-hydrogen) atoms. The molecule has 0 spiro atoms. The maximum absolute atomic E-state index is 11.8. The SMILES string of the molecule is CCc1ccsc1-c1nc2c(C(=O)OC)cccc2[nH]1. The van der Waals surface area contributed by atoms with Crippen molar-refractivity contribution in [1.29, 1.82) is 0 Å². The van der Waals surface area contributed by atoms with Gasteiger partial charge in [-0.15, -0.1) is 11.3 Å². The molecule has 0 aliphatic carbocycles. The zero-order chi connectivity index (χ0) is 14.1. The van der Waals surface area contributed by atoms with Crippen LogP contribution in [0.2, 0.25) is 0 Å². The topological polar surface area (TPSA) is 55.0 Å². The number of nitrogens with zero attached hydrogens (tertiary/aromatic N) is 1. The summed E-state index contributed by atoms with van der Waals surface area (Å²) in [4.78, 5) is 20.8. The Bertz CT molecular complexity index is 773. The number of H-pyrrole nitrogens is 1. The third-order valence-electron chi connectivity index (χ3n) is 3.26. The van der Waals surface area contributed by atoms with Gasteiger partial charge in [0.2, 0.25) is 0 Å². The minimum atomic E-state index is -0.365. The van der Waals surface area contributed by atoms with Gasteiger partial charge in [0.15, 0.2) is 0 Å². The van der Waals surface area contributed by atoms with Crippen LogP contribution in [-0.2, 0) is 11.2 Å². The molecule has 2 aromatic heterocycles. The Morgan fingerprint density at radius 3 is 3.00 bits per heavy atom. The number of para-hydroxylation sites is 1. The van der Waals surface area contributed by atoms with Crippen molar-refractivity contribution in [2.45, 2.75) is 13.3 Å². The highest BCUT2D eigenvalue weighted by Crippen LogP contribution is 2.30. The lowest BCUT2D eigenvalue weighted by Gasteiger charge is -1.98. The zero-order valence-corrected chi connectivity index (χ0v) is 12.1. The van der Waals surface area contributed by atoms with Gasteiger partial charge in [0.1, 0.15) is 11.3 Å². The minimum absolute atomic E-state index is 0.365. The van der Waals surface area contributed by atoms with Crippen LogP contribution < -0.4 is 0 Å². The van der Waals surface area contributed by atoms with Gasteiger partial charge in [-0.1, -0.05) is 13.0 Å². The molecule has 102 valence electrons. The van der Waals surface area contributed by atoms with Gasteiger partial charge in [0.05, 0.1) is 23.1 Å². The van der Waals surface area contributed by atoms with Gasteiger partial charge in [-0.05, 0) is 35.6 Å². The summed E-state index contributed by atoms with van der Waals surface area (Å²) in [6.45, 7) is 2.12. The molecule has 1 N–H and O–H groups in total. The normalized spacial score (nSPS) is 10.9. The number of esters is 1. The Labute approximate surface area is 120 Å². The number of carbonyl (C=O) groups excluding carboxylic acids is 1. The maximum Gasteiger partial charge on any atom is 0.340 e. The number of hydrogen-bond acceptors (Lipinski definition) is 4. The van der Waals surface area contributed by atoms with Crippen molar-refractivity contribution in [3.8, 4) is 10.7 Å². The van der Waals surface area contributed by atoms with Crippen LogP contribution in [0.1, 0.15) is 22.8 Å². The number of aromatic nitrogens is 2. The fourth-order valence-corrected chi connectivity index (χ4v) is 3.18. The maximum atomic E-state index is 11.8. The van der Waals surface area contributed by atoms with Gasteiger partial charge in [-0.2, -0.15) is 0 Å². The third-order valence-corrected chi connectivity index (χ3v) is 4.22. The van der Waals surface area contributed by atoms with Gasteiger partial charge in [0, 0.05) is 0 Å². The molecule has 0 unspecified atom stereocenters. The van der Waals surface area contributed by atoms with E-state index in [2.05, 4.69) is 28.3 Å². The van der Waals surface area contributed by atoms with Crippen LogP contribution in [0.4, 0.5) is 0 Å². The van der Waals surface area contributed by atoms with E-state index in [-0.39, 0.29) is 5.97 Å². The quantitative estimate of drug-likeness (QED) is 0.748. The number of fused-ring (bicyclic) bond motifs is 1. The van der Waals surface area contributed by atoms with E-state index in [4.69, 9.17) is 4.74 Å². The second-order valence-electron chi connectivity index (χ2n) is 4.41. The summed E-state index contributed by atoms with van der Waals surface area (Å²) in [7, 11) is 1.38. The molecule has 0 aliphatic heterocycles. The number of aromatic amines is 1. The molecule has 3 aromatic rings. The van der Waals surface area contributed by atoms with E-state index in [1.165, 1.54) is 12.7 Å². The number of nitrogens with one attached hydrogen (secondary N) is 1. The molecule has 1 aromatic carbocycles. The first-order chi connectivity index (χ1) is 9.74. The van der Waals surface area contributed by atoms with E-state index in [9.17, 15) is 4.79 Å². The number of benzene rings is 1. The van der Waals surface area contributed by atoms with E-state index in [0.717, 1.165) is 22.6 Å². The molecule has 5 heteroatoms. The lowest BCUT2D eigenvalue weighted by atomic mass is 10.2. The number of hydrogen-bond donors (Lipinski definition) is 1. The predicted molar refractivity (Wildman–Crippen MR) is 80.1 cm³/mol. The van der Waals surface area contributed by atoms with E-state index < -0.39 is 0 Å². The molecule has 2 heterocycles. The average molecular weight is 286 g/mol. The average Bonchev–Trinajstić information content (AvgIpc) is 3.10. The van der Waals surface area contributed by atoms with Crippen LogP contribution in [0.3, 0.4) is 0 Å². The Hall–Kier alpha value is -2.14. The Balaban J connectivity index is 2.18. The van der Waals surface area contributed by atoms with E-state index in [1.807, 2.05) is 12.1 Å². The van der Waals surface area contributed by atoms with Gasteiger partial charge in [-0.3, -0.25) is 0 Å². The monoisotopic (exact) mass is 286 g/mol. The molecule has 0 amide bonds. The Morgan fingerprint density at radius 2 is 2.25 bits per heavy atom. The van der Waals surface area contributed by atoms with Crippen molar-refractivity contribution >= 4 is 28.3 Å². The highest BCUT2D eigenvalue weighted by atomic mass is 32.1. The number of aryl methyl sites for hydroxylation is 1. The van der Waals surface area contributed by atoms with E-state index in [1.54, 1.807) is 17.4 Å². The number of imidazole rings is 1. The van der Waals surface area contributed by atoms with Gasteiger partial charge in [-0.25, -0.2) is 9.78 Å².